The number of aliphatic hydroxyl groups excluding tert-OH is 1. The lowest BCUT2D eigenvalue weighted by Crippen LogP contribution is -2.46. The van der Waals surface area contributed by atoms with Gasteiger partial charge < -0.3 is 15.3 Å². The molecule has 0 bridgehead atoms. The first-order chi connectivity index (χ1) is 11.7. The van der Waals surface area contributed by atoms with Crippen LogP contribution in [0.4, 0.5) is 0 Å². The number of piperidine rings is 1. The summed E-state index contributed by atoms with van der Waals surface area (Å²) in [5.41, 5.74) is 1.34. The van der Waals surface area contributed by atoms with E-state index >= 15 is 0 Å². The average Bonchev–Trinajstić information content (AvgIpc) is 2.95. The smallest absolute Gasteiger partial charge is 0.0682 e. The van der Waals surface area contributed by atoms with Crippen molar-refractivity contribution in [3.63, 3.8) is 0 Å². The molecule has 2 heterocycles. The van der Waals surface area contributed by atoms with Gasteiger partial charge in [-0.25, -0.2) is 0 Å². The first-order valence-corrected chi connectivity index (χ1v) is 9.66. The third kappa shape index (κ3) is 5.03. The van der Waals surface area contributed by atoms with Gasteiger partial charge >= 0.3 is 0 Å². The molecule has 2 aliphatic rings. The largest absolute Gasteiger partial charge is 0.392 e. The summed E-state index contributed by atoms with van der Waals surface area (Å²) in [6, 6.07) is 11.7. The molecule has 2 aliphatic heterocycles. The summed E-state index contributed by atoms with van der Waals surface area (Å²) in [5.74, 6) is 0. The Morgan fingerprint density at radius 1 is 1.17 bits per heavy atom. The number of rotatable bonds is 7. The molecule has 2 fully saturated rings. The maximum atomic E-state index is 10.1. The molecule has 2 saturated heterocycles. The second-order valence-corrected chi connectivity index (χ2v) is 7.48. The van der Waals surface area contributed by atoms with Gasteiger partial charge in [-0.05, 0) is 50.9 Å². The minimum Gasteiger partial charge on any atom is -0.392 e. The van der Waals surface area contributed by atoms with Crippen LogP contribution in [-0.2, 0) is 6.54 Å². The SMILES string of the molecule is CCCN1CCC(NCC2CC(O)CN2Cc2ccccc2)CC1. The van der Waals surface area contributed by atoms with Crippen LogP contribution in [-0.4, -0.2) is 65.8 Å². The van der Waals surface area contributed by atoms with Gasteiger partial charge in [0.15, 0.2) is 0 Å². The highest BCUT2D eigenvalue weighted by Crippen LogP contribution is 2.21. The Labute approximate surface area is 146 Å². The number of hydrogen-bond donors (Lipinski definition) is 2. The lowest BCUT2D eigenvalue weighted by molar-refractivity contribution is 0.170. The zero-order valence-corrected chi connectivity index (χ0v) is 15.0. The van der Waals surface area contributed by atoms with Crippen LogP contribution in [0.2, 0.25) is 0 Å². The van der Waals surface area contributed by atoms with Crippen LogP contribution < -0.4 is 5.32 Å². The van der Waals surface area contributed by atoms with E-state index in [0.29, 0.717) is 12.1 Å². The molecule has 0 saturated carbocycles. The second kappa shape index (κ2) is 8.95. The molecule has 2 N–H and O–H groups in total. The van der Waals surface area contributed by atoms with Crippen molar-refractivity contribution in [3.05, 3.63) is 35.9 Å². The summed E-state index contributed by atoms with van der Waals surface area (Å²) in [6.07, 6.45) is 4.50. The van der Waals surface area contributed by atoms with E-state index < -0.39 is 0 Å². The van der Waals surface area contributed by atoms with Crippen LogP contribution in [0, 0.1) is 0 Å². The van der Waals surface area contributed by atoms with Crippen LogP contribution in [0.25, 0.3) is 0 Å². The van der Waals surface area contributed by atoms with Gasteiger partial charge in [-0.15, -0.1) is 0 Å². The highest BCUT2D eigenvalue weighted by atomic mass is 16.3. The Morgan fingerprint density at radius 3 is 2.62 bits per heavy atom. The van der Waals surface area contributed by atoms with E-state index in [1.54, 1.807) is 0 Å². The van der Waals surface area contributed by atoms with Gasteiger partial charge in [-0.2, -0.15) is 0 Å². The molecular weight excluding hydrogens is 298 g/mol. The number of nitrogens with one attached hydrogen (secondary N) is 1. The van der Waals surface area contributed by atoms with Crippen molar-refractivity contribution in [2.24, 2.45) is 0 Å². The zero-order valence-electron chi connectivity index (χ0n) is 15.0. The molecule has 4 heteroatoms. The average molecular weight is 332 g/mol. The molecule has 0 spiro atoms. The lowest BCUT2D eigenvalue weighted by Gasteiger charge is -2.33. The summed E-state index contributed by atoms with van der Waals surface area (Å²) < 4.78 is 0. The van der Waals surface area contributed by atoms with Crippen LogP contribution in [0.15, 0.2) is 30.3 Å². The summed E-state index contributed by atoms with van der Waals surface area (Å²) in [6.45, 7) is 8.71. The van der Waals surface area contributed by atoms with Crippen molar-refractivity contribution in [3.8, 4) is 0 Å². The van der Waals surface area contributed by atoms with Gasteiger partial charge in [0, 0.05) is 31.7 Å². The van der Waals surface area contributed by atoms with Crippen LogP contribution >= 0.6 is 0 Å². The van der Waals surface area contributed by atoms with Gasteiger partial charge in [0.05, 0.1) is 6.10 Å². The highest BCUT2D eigenvalue weighted by Gasteiger charge is 2.31. The molecule has 0 amide bonds. The maximum Gasteiger partial charge on any atom is 0.0682 e. The second-order valence-electron chi connectivity index (χ2n) is 7.48. The Bertz CT molecular complexity index is 473. The van der Waals surface area contributed by atoms with E-state index in [1.165, 1.54) is 44.5 Å². The fraction of sp³-hybridized carbons (Fsp3) is 0.700. The van der Waals surface area contributed by atoms with E-state index in [9.17, 15) is 5.11 Å². The van der Waals surface area contributed by atoms with Crippen molar-refractivity contribution in [1.82, 2.24) is 15.1 Å². The van der Waals surface area contributed by atoms with Gasteiger partial charge in [0.25, 0.3) is 0 Å². The molecule has 134 valence electrons. The molecule has 3 rings (SSSR count). The quantitative estimate of drug-likeness (QED) is 0.802. The number of likely N-dealkylation sites (tertiary alicyclic amines) is 2. The van der Waals surface area contributed by atoms with Crippen molar-refractivity contribution in [2.75, 3.05) is 32.7 Å². The molecule has 1 aromatic rings. The summed E-state index contributed by atoms with van der Waals surface area (Å²) in [4.78, 5) is 5.03. The Hall–Kier alpha value is -0.940. The van der Waals surface area contributed by atoms with E-state index in [1.807, 2.05) is 0 Å². The van der Waals surface area contributed by atoms with E-state index in [0.717, 1.165) is 26.1 Å². The van der Waals surface area contributed by atoms with Gasteiger partial charge in [-0.1, -0.05) is 37.3 Å². The van der Waals surface area contributed by atoms with Crippen LogP contribution in [0.3, 0.4) is 0 Å². The standard InChI is InChI=1S/C20H33N3O/c1-2-10-22-11-8-18(9-12-22)21-14-19-13-20(24)16-23(19)15-17-6-4-3-5-7-17/h3-7,18-21,24H,2,8-16H2,1H3. The number of nitrogens with zero attached hydrogens (tertiary/aromatic N) is 2. The van der Waals surface area contributed by atoms with Gasteiger partial charge in [0.1, 0.15) is 0 Å². The molecule has 0 aliphatic carbocycles. The monoisotopic (exact) mass is 331 g/mol. The van der Waals surface area contributed by atoms with Crippen molar-refractivity contribution >= 4 is 0 Å². The van der Waals surface area contributed by atoms with Crippen molar-refractivity contribution in [1.29, 1.82) is 0 Å². The predicted molar refractivity (Wildman–Crippen MR) is 99.0 cm³/mol. The molecule has 1 aromatic carbocycles. The molecule has 24 heavy (non-hydrogen) atoms. The predicted octanol–water partition coefficient (Wildman–Crippen LogP) is 2.09. The third-order valence-electron chi connectivity index (χ3n) is 5.50. The van der Waals surface area contributed by atoms with Gasteiger partial charge in [0.2, 0.25) is 0 Å². The normalized spacial score (nSPS) is 26.9. The molecule has 0 radical (unpaired) electrons. The first-order valence-electron chi connectivity index (χ1n) is 9.66. The first kappa shape index (κ1) is 17.9. The van der Waals surface area contributed by atoms with E-state index in [4.69, 9.17) is 0 Å². The molecular formula is C20H33N3O. The van der Waals surface area contributed by atoms with E-state index in [2.05, 4.69) is 52.4 Å². The third-order valence-corrected chi connectivity index (χ3v) is 5.50. The molecule has 4 nitrogen and oxygen atoms in total. The minimum atomic E-state index is -0.174. The van der Waals surface area contributed by atoms with Gasteiger partial charge in [-0.3, -0.25) is 4.90 Å². The number of benzene rings is 1. The maximum absolute atomic E-state index is 10.1. The van der Waals surface area contributed by atoms with Crippen molar-refractivity contribution in [2.45, 2.75) is 57.3 Å². The van der Waals surface area contributed by atoms with Crippen molar-refractivity contribution < 1.29 is 5.11 Å². The summed E-state index contributed by atoms with van der Waals surface area (Å²) in [5, 5.41) is 13.9. The number of aliphatic hydroxyl groups is 1. The Morgan fingerprint density at radius 2 is 1.92 bits per heavy atom. The number of hydrogen-bond acceptors (Lipinski definition) is 4. The Kier molecular flexibility index (Phi) is 6.67. The lowest BCUT2D eigenvalue weighted by atomic mass is 10.0. The minimum absolute atomic E-state index is 0.174. The zero-order chi connectivity index (χ0) is 16.8. The highest BCUT2D eigenvalue weighted by molar-refractivity contribution is 5.15. The Balaban J connectivity index is 1.45. The topological polar surface area (TPSA) is 38.7 Å². The fourth-order valence-corrected chi connectivity index (χ4v) is 4.16. The summed E-state index contributed by atoms with van der Waals surface area (Å²) in [7, 11) is 0. The van der Waals surface area contributed by atoms with E-state index in [-0.39, 0.29) is 6.10 Å². The number of β-amino-alcohol motifs (C(OH)–C–C–N with tert-alkyl or cyclic N) is 1. The molecule has 0 aromatic heterocycles. The molecule has 2 atom stereocenters. The van der Waals surface area contributed by atoms with Crippen LogP contribution in [0.5, 0.6) is 0 Å². The summed E-state index contributed by atoms with van der Waals surface area (Å²) >= 11 is 0. The fourth-order valence-electron chi connectivity index (χ4n) is 4.16. The van der Waals surface area contributed by atoms with Crippen LogP contribution in [0.1, 0.15) is 38.2 Å². The molecule has 2 unspecified atom stereocenters.